The molecular weight excluding hydrogens is 412 g/mol. The number of amides is 1. The van der Waals surface area contributed by atoms with E-state index in [0.29, 0.717) is 11.3 Å². The van der Waals surface area contributed by atoms with E-state index in [2.05, 4.69) is 42.4 Å². The number of ether oxygens (including phenoxy) is 1. The number of hydrazone groups is 1. The van der Waals surface area contributed by atoms with Crippen molar-refractivity contribution in [2.75, 3.05) is 7.11 Å². The predicted octanol–water partition coefficient (Wildman–Crippen LogP) is 4.29. The van der Waals surface area contributed by atoms with Crippen LogP contribution in [0.3, 0.4) is 0 Å². The van der Waals surface area contributed by atoms with E-state index in [1.165, 1.54) is 7.11 Å². The molecule has 0 heterocycles. The monoisotopic (exact) mass is 424 g/mol. The Labute approximate surface area is 145 Å². The lowest BCUT2D eigenvalue weighted by molar-refractivity contribution is 0.0952. The minimum absolute atomic E-state index is 0.320. The third-order valence-electron chi connectivity index (χ3n) is 3.03. The summed E-state index contributed by atoms with van der Waals surface area (Å²) < 4.78 is 7.09. The van der Waals surface area contributed by atoms with Crippen LogP contribution in [0.25, 0.3) is 0 Å². The lowest BCUT2D eigenvalue weighted by Gasteiger charge is -2.06. The third kappa shape index (κ3) is 3.96. The van der Waals surface area contributed by atoms with E-state index in [-0.39, 0.29) is 5.91 Å². The summed E-state index contributed by atoms with van der Waals surface area (Å²) in [5.41, 5.74) is 4.91. The largest absolute Gasteiger partial charge is 0.496 e. The number of carbonyl (C=O) groups is 1. The second-order valence-corrected chi connectivity index (χ2v) is 6.22. The summed E-state index contributed by atoms with van der Waals surface area (Å²) in [6.45, 7) is 2.00. The molecule has 0 unspecified atom stereocenters. The van der Waals surface area contributed by atoms with Gasteiger partial charge in [-0.3, -0.25) is 4.79 Å². The van der Waals surface area contributed by atoms with Crippen LogP contribution in [0.5, 0.6) is 5.75 Å². The standard InChI is InChI=1S/C16H14Br2N2O2/c1-10-13(17)7-11(8-14(10)18)9-19-20-16(21)12-5-3-4-6-15(12)22-2/h3-9H,1-2H3,(H,20,21)/b19-9-. The molecule has 0 aliphatic carbocycles. The van der Waals surface area contributed by atoms with Crippen LogP contribution in [-0.2, 0) is 0 Å². The maximum Gasteiger partial charge on any atom is 0.275 e. The average Bonchev–Trinajstić information content (AvgIpc) is 2.52. The fraction of sp³-hybridized carbons (Fsp3) is 0.125. The minimum atomic E-state index is -0.320. The zero-order valence-electron chi connectivity index (χ0n) is 12.1. The fourth-order valence-electron chi connectivity index (χ4n) is 1.80. The first kappa shape index (κ1) is 16.7. The van der Waals surface area contributed by atoms with Crippen molar-refractivity contribution >= 4 is 44.0 Å². The zero-order valence-corrected chi connectivity index (χ0v) is 15.2. The smallest absolute Gasteiger partial charge is 0.275 e. The Bertz CT molecular complexity index is 707. The summed E-state index contributed by atoms with van der Waals surface area (Å²) in [6, 6.07) is 10.9. The van der Waals surface area contributed by atoms with Crippen molar-refractivity contribution in [1.29, 1.82) is 0 Å². The first-order valence-electron chi connectivity index (χ1n) is 6.45. The molecule has 0 aliphatic rings. The van der Waals surface area contributed by atoms with Crippen LogP contribution in [-0.4, -0.2) is 19.2 Å². The van der Waals surface area contributed by atoms with Crippen LogP contribution in [0.15, 0.2) is 50.4 Å². The van der Waals surface area contributed by atoms with Crippen LogP contribution in [0.2, 0.25) is 0 Å². The van der Waals surface area contributed by atoms with Gasteiger partial charge in [0.05, 0.1) is 18.9 Å². The van der Waals surface area contributed by atoms with E-state index in [1.54, 1.807) is 30.5 Å². The van der Waals surface area contributed by atoms with Crippen LogP contribution in [0, 0.1) is 6.92 Å². The van der Waals surface area contributed by atoms with Gasteiger partial charge in [-0.1, -0.05) is 44.0 Å². The molecule has 6 heteroatoms. The van der Waals surface area contributed by atoms with Gasteiger partial charge in [-0.15, -0.1) is 0 Å². The number of hydrogen-bond donors (Lipinski definition) is 1. The van der Waals surface area contributed by atoms with E-state index in [9.17, 15) is 4.79 Å². The molecule has 0 aromatic heterocycles. The van der Waals surface area contributed by atoms with Crippen molar-refractivity contribution in [3.63, 3.8) is 0 Å². The molecule has 2 aromatic carbocycles. The molecule has 0 atom stereocenters. The van der Waals surface area contributed by atoms with Gasteiger partial charge in [0.25, 0.3) is 5.91 Å². The summed E-state index contributed by atoms with van der Waals surface area (Å²) in [4.78, 5) is 12.1. The molecule has 2 rings (SSSR count). The third-order valence-corrected chi connectivity index (χ3v) is 4.68. The summed E-state index contributed by atoms with van der Waals surface area (Å²) in [5.74, 6) is 0.190. The maximum absolute atomic E-state index is 12.1. The van der Waals surface area contributed by atoms with Crippen molar-refractivity contribution in [2.45, 2.75) is 6.92 Å². The molecule has 2 aromatic rings. The lowest BCUT2D eigenvalue weighted by atomic mass is 10.2. The van der Waals surface area contributed by atoms with Crippen LogP contribution < -0.4 is 10.2 Å². The van der Waals surface area contributed by atoms with Crippen molar-refractivity contribution in [3.05, 3.63) is 62.0 Å². The number of para-hydroxylation sites is 1. The van der Waals surface area contributed by atoms with Crippen LogP contribution >= 0.6 is 31.9 Å². The van der Waals surface area contributed by atoms with Gasteiger partial charge >= 0.3 is 0 Å². The van der Waals surface area contributed by atoms with Crippen molar-refractivity contribution in [1.82, 2.24) is 5.43 Å². The van der Waals surface area contributed by atoms with E-state index >= 15 is 0 Å². The van der Waals surface area contributed by atoms with Gasteiger partial charge in [0.1, 0.15) is 5.75 Å². The van der Waals surface area contributed by atoms with Crippen molar-refractivity contribution in [2.24, 2.45) is 5.10 Å². The predicted molar refractivity (Wildman–Crippen MR) is 94.6 cm³/mol. The molecule has 0 spiro atoms. The van der Waals surface area contributed by atoms with Crippen molar-refractivity contribution in [3.8, 4) is 5.75 Å². The maximum atomic E-state index is 12.1. The minimum Gasteiger partial charge on any atom is -0.496 e. The normalized spacial score (nSPS) is 10.7. The molecule has 0 bridgehead atoms. The highest BCUT2D eigenvalue weighted by molar-refractivity contribution is 9.11. The van der Waals surface area contributed by atoms with E-state index in [4.69, 9.17) is 4.74 Å². The van der Waals surface area contributed by atoms with Gasteiger partial charge in [0.2, 0.25) is 0 Å². The van der Waals surface area contributed by atoms with E-state index in [1.807, 2.05) is 19.1 Å². The number of hydrogen-bond acceptors (Lipinski definition) is 3. The SMILES string of the molecule is COc1ccccc1C(=O)N/N=C\c1cc(Br)c(C)c(Br)c1. The second-order valence-electron chi connectivity index (χ2n) is 4.51. The Morgan fingerprint density at radius 3 is 2.50 bits per heavy atom. The number of halogens is 2. The number of carbonyl (C=O) groups excluding carboxylic acids is 1. The van der Waals surface area contributed by atoms with Gasteiger partial charge in [-0.25, -0.2) is 5.43 Å². The number of rotatable bonds is 4. The molecule has 0 fully saturated rings. The summed E-state index contributed by atoms with van der Waals surface area (Å²) in [7, 11) is 1.52. The number of methoxy groups -OCH3 is 1. The fourth-order valence-corrected chi connectivity index (χ4v) is 3.02. The van der Waals surface area contributed by atoms with Gasteiger partial charge in [0, 0.05) is 8.95 Å². The van der Waals surface area contributed by atoms with Gasteiger partial charge in [-0.2, -0.15) is 5.10 Å². The molecule has 1 amide bonds. The van der Waals surface area contributed by atoms with Crippen LogP contribution in [0.1, 0.15) is 21.5 Å². The molecule has 4 nitrogen and oxygen atoms in total. The molecular formula is C16H14Br2N2O2. The Kier molecular flexibility index (Phi) is 5.74. The quantitative estimate of drug-likeness (QED) is 0.586. The molecule has 0 radical (unpaired) electrons. The summed E-state index contributed by atoms with van der Waals surface area (Å²) in [5, 5.41) is 3.98. The van der Waals surface area contributed by atoms with Gasteiger partial charge in [-0.05, 0) is 42.3 Å². The molecule has 1 N–H and O–H groups in total. The Morgan fingerprint density at radius 1 is 1.23 bits per heavy atom. The van der Waals surface area contributed by atoms with Gasteiger partial charge in [0.15, 0.2) is 0 Å². The molecule has 114 valence electrons. The highest BCUT2D eigenvalue weighted by atomic mass is 79.9. The molecule has 0 saturated heterocycles. The molecule has 0 aliphatic heterocycles. The van der Waals surface area contributed by atoms with E-state index in [0.717, 1.165) is 20.1 Å². The van der Waals surface area contributed by atoms with E-state index < -0.39 is 0 Å². The lowest BCUT2D eigenvalue weighted by Crippen LogP contribution is -2.18. The summed E-state index contributed by atoms with van der Waals surface area (Å²) in [6.07, 6.45) is 1.59. The first-order valence-corrected chi connectivity index (χ1v) is 8.03. The topological polar surface area (TPSA) is 50.7 Å². The van der Waals surface area contributed by atoms with Crippen LogP contribution in [0.4, 0.5) is 0 Å². The average molecular weight is 426 g/mol. The van der Waals surface area contributed by atoms with Crippen molar-refractivity contribution < 1.29 is 9.53 Å². The number of nitrogens with zero attached hydrogens (tertiary/aromatic N) is 1. The Balaban J connectivity index is 2.11. The first-order chi connectivity index (χ1) is 10.5. The van der Waals surface area contributed by atoms with Gasteiger partial charge < -0.3 is 4.74 Å². The highest BCUT2D eigenvalue weighted by Crippen LogP contribution is 2.25. The molecule has 22 heavy (non-hydrogen) atoms. The Morgan fingerprint density at radius 2 is 1.86 bits per heavy atom. The molecule has 0 saturated carbocycles. The summed E-state index contributed by atoms with van der Waals surface area (Å²) >= 11 is 6.96. The number of nitrogens with one attached hydrogen (secondary N) is 1. The number of benzene rings is 2. The Hall–Kier alpha value is -1.66. The highest BCUT2D eigenvalue weighted by Gasteiger charge is 2.10. The second kappa shape index (κ2) is 7.56. The zero-order chi connectivity index (χ0) is 16.1.